The SMILES string of the molecule is Cc1ccc(S(=O)(=O)OCCOCCOc2ccc(C)nc2)cc1. The molecule has 0 fully saturated rings. The van der Waals surface area contributed by atoms with Crippen LogP contribution in [-0.4, -0.2) is 39.8 Å². The Hall–Kier alpha value is -1.96. The van der Waals surface area contributed by atoms with Crippen molar-refractivity contribution in [2.24, 2.45) is 0 Å². The van der Waals surface area contributed by atoms with Crippen molar-refractivity contribution in [1.29, 1.82) is 0 Å². The van der Waals surface area contributed by atoms with Gasteiger partial charge in [0.25, 0.3) is 10.1 Å². The molecular weight excluding hydrogens is 330 g/mol. The average molecular weight is 351 g/mol. The van der Waals surface area contributed by atoms with E-state index in [1.807, 2.05) is 26.0 Å². The lowest BCUT2D eigenvalue weighted by Gasteiger charge is -2.08. The fourth-order valence-corrected chi connectivity index (χ4v) is 2.73. The summed E-state index contributed by atoms with van der Waals surface area (Å²) >= 11 is 0. The first-order valence-electron chi connectivity index (χ1n) is 7.57. The average Bonchev–Trinajstić information content (AvgIpc) is 2.56. The molecular formula is C17H21NO5S. The fourth-order valence-electron chi connectivity index (χ4n) is 1.84. The van der Waals surface area contributed by atoms with Gasteiger partial charge >= 0.3 is 0 Å². The van der Waals surface area contributed by atoms with E-state index < -0.39 is 10.1 Å². The van der Waals surface area contributed by atoms with Gasteiger partial charge in [0.15, 0.2) is 0 Å². The molecule has 1 heterocycles. The van der Waals surface area contributed by atoms with Crippen molar-refractivity contribution in [2.75, 3.05) is 26.4 Å². The Morgan fingerprint density at radius 3 is 2.29 bits per heavy atom. The summed E-state index contributed by atoms with van der Waals surface area (Å²) in [6.45, 7) is 4.61. The minimum absolute atomic E-state index is 0.0394. The summed E-state index contributed by atoms with van der Waals surface area (Å²) in [5.74, 6) is 0.669. The number of rotatable bonds is 9. The van der Waals surface area contributed by atoms with E-state index in [-0.39, 0.29) is 18.1 Å². The summed E-state index contributed by atoms with van der Waals surface area (Å²) in [7, 11) is -3.74. The Labute approximate surface area is 142 Å². The summed E-state index contributed by atoms with van der Waals surface area (Å²) in [6.07, 6.45) is 1.65. The molecule has 0 unspecified atom stereocenters. The van der Waals surface area contributed by atoms with Crippen LogP contribution in [0.4, 0.5) is 0 Å². The van der Waals surface area contributed by atoms with E-state index in [4.69, 9.17) is 13.7 Å². The molecule has 0 saturated carbocycles. The highest BCUT2D eigenvalue weighted by Crippen LogP contribution is 2.13. The van der Waals surface area contributed by atoms with E-state index in [2.05, 4.69) is 4.98 Å². The first-order valence-corrected chi connectivity index (χ1v) is 8.97. The zero-order valence-corrected chi connectivity index (χ0v) is 14.6. The molecule has 0 aliphatic rings. The van der Waals surface area contributed by atoms with Crippen molar-refractivity contribution in [3.05, 3.63) is 53.9 Å². The molecule has 0 saturated heterocycles. The molecule has 7 heteroatoms. The molecule has 130 valence electrons. The smallest absolute Gasteiger partial charge is 0.297 e. The number of pyridine rings is 1. The van der Waals surface area contributed by atoms with Crippen molar-refractivity contribution in [3.8, 4) is 5.75 Å². The van der Waals surface area contributed by atoms with Crippen LogP contribution in [-0.2, 0) is 19.0 Å². The molecule has 1 aromatic heterocycles. The number of aromatic nitrogens is 1. The van der Waals surface area contributed by atoms with Crippen molar-refractivity contribution < 1.29 is 22.1 Å². The van der Waals surface area contributed by atoms with Crippen LogP contribution in [0, 0.1) is 13.8 Å². The molecule has 1 aromatic carbocycles. The van der Waals surface area contributed by atoms with Crippen LogP contribution in [0.15, 0.2) is 47.5 Å². The van der Waals surface area contributed by atoms with Crippen LogP contribution in [0.2, 0.25) is 0 Å². The first kappa shape index (κ1) is 18.4. The molecule has 0 aliphatic heterocycles. The van der Waals surface area contributed by atoms with Gasteiger partial charge in [0.2, 0.25) is 0 Å². The summed E-state index contributed by atoms with van der Waals surface area (Å²) in [6, 6.07) is 10.2. The molecule has 0 bridgehead atoms. The van der Waals surface area contributed by atoms with Crippen molar-refractivity contribution in [2.45, 2.75) is 18.7 Å². The van der Waals surface area contributed by atoms with Gasteiger partial charge in [0.1, 0.15) is 12.4 Å². The highest BCUT2D eigenvalue weighted by molar-refractivity contribution is 7.86. The van der Waals surface area contributed by atoms with Gasteiger partial charge < -0.3 is 9.47 Å². The lowest BCUT2D eigenvalue weighted by Crippen LogP contribution is -2.14. The van der Waals surface area contributed by atoms with E-state index in [9.17, 15) is 8.42 Å². The number of benzene rings is 1. The fraction of sp³-hybridized carbons (Fsp3) is 0.353. The third-order valence-corrected chi connectivity index (χ3v) is 4.48. The summed E-state index contributed by atoms with van der Waals surface area (Å²) in [4.78, 5) is 4.26. The van der Waals surface area contributed by atoms with E-state index in [1.54, 1.807) is 18.3 Å². The lowest BCUT2D eigenvalue weighted by molar-refractivity contribution is 0.0778. The number of aryl methyl sites for hydroxylation is 2. The van der Waals surface area contributed by atoms with E-state index in [1.165, 1.54) is 12.1 Å². The molecule has 0 radical (unpaired) electrons. The van der Waals surface area contributed by atoms with E-state index in [0.717, 1.165) is 11.3 Å². The molecule has 0 amide bonds. The maximum Gasteiger partial charge on any atom is 0.297 e. The van der Waals surface area contributed by atoms with Gasteiger partial charge in [-0.1, -0.05) is 17.7 Å². The summed E-state index contributed by atoms with van der Waals surface area (Å²) < 4.78 is 39.5. The highest BCUT2D eigenvalue weighted by atomic mass is 32.2. The minimum Gasteiger partial charge on any atom is -0.490 e. The standard InChI is InChI=1S/C17H21NO5S/c1-14-3-7-17(8-4-14)24(19,20)23-12-10-21-9-11-22-16-6-5-15(2)18-13-16/h3-8,13H,9-12H2,1-2H3. The van der Waals surface area contributed by atoms with Gasteiger partial charge in [0.05, 0.1) is 30.9 Å². The Kier molecular flexibility index (Phi) is 6.72. The predicted molar refractivity (Wildman–Crippen MR) is 89.6 cm³/mol. The third kappa shape index (κ3) is 5.92. The molecule has 0 atom stereocenters. The number of nitrogens with zero attached hydrogens (tertiary/aromatic N) is 1. The van der Waals surface area contributed by atoms with E-state index in [0.29, 0.717) is 19.0 Å². The first-order chi connectivity index (χ1) is 11.5. The Morgan fingerprint density at radius 2 is 1.62 bits per heavy atom. The second-order valence-electron chi connectivity index (χ2n) is 5.19. The Balaban J connectivity index is 1.62. The van der Waals surface area contributed by atoms with Crippen molar-refractivity contribution in [3.63, 3.8) is 0 Å². The quantitative estimate of drug-likeness (QED) is 0.510. The number of hydrogen-bond acceptors (Lipinski definition) is 6. The molecule has 24 heavy (non-hydrogen) atoms. The Bertz CT molecular complexity index is 727. The maximum absolute atomic E-state index is 11.9. The highest BCUT2D eigenvalue weighted by Gasteiger charge is 2.14. The van der Waals surface area contributed by atoms with Gasteiger partial charge in [-0.2, -0.15) is 8.42 Å². The molecule has 0 aliphatic carbocycles. The Morgan fingerprint density at radius 1 is 0.917 bits per heavy atom. The third-order valence-electron chi connectivity index (χ3n) is 3.16. The van der Waals surface area contributed by atoms with E-state index >= 15 is 0 Å². The normalized spacial score (nSPS) is 11.4. The summed E-state index contributed by atoms with van der Waals surface area (Å²) in [5.41, 5.74) is 1.91. The molecule has 0 N–H and O–H groups in total. The van der Waals surface area contributed by atoms with Crippen LogP contribution in [0.3, 0.4) is 0 Å². The zero-order valence-electron chi connectivity index (χ0n) is 13.8. The van der Waals surface area contributed by atoms with Gasteiger partial charge in [-0.05, 0) is 38.1 Å². The number of hydrogen-bond donors (Lipinski definition) is 0. The second-order valence-corrected chi connectivity index (χ2v) is 6.80. The van der Waals surface area contributed by atoms with Gasteiger partial charge in [0, 0.05) is 5.69 Å². The predicted octanol–water partition coefficient (Wildman–Crippen LogP) is 2.50. The molecule has 2 aromatic rings. The van der Waals surface area contributed by atoms with Crippen LogP contribution < -0.4 is 4.74 Å². The maximum atomic E-state index is 11.9. The van der Waals surface area contributed by atoms with Gasteiger partial charge in [-0.25, -0.2) is 0 Å². The zero-order chi connectivity index (χ0) is 17.4. The topological polar surface area (TPSA) is 74.7 Å². The van der Waals surface area contributed by atoms with Crippen molar-refractivity contribution >= 4 is 10.1 Å². The van der Waals surface area contributed by atoms with Crippen molar-refractivity contribution in [1.82, 2.24) is 4.98 Å². The van der Waals surface area contributed by atoms with Crippen LogP contribution in [0.25, 0.3) is 0 Å². The van der Waals surface area contributed by atoms with Crippen LogP contribution >= 0.6 is 0 Å². The van der Waals surface area contributed by atoms with Gasteiger partial charge in [-0.15, -0.1) is 0 Å². The lowest BCUT2D eigenvalue weighted by atomic mass is 10.2. The number of ether oxygens (including phenoxy) is 2. The molecule has 2 rings (SSSR count). The van der Waals surface area contributed by atoms with Crippen LogP contribution in [0.1, 0.15) is 11.3 Å². The summed E-state index contributed by atoms with van der Waals surface area (Å²) in [5, 5.41) is 0. The second kappa shape index (κ2) is 8.77. The minimum atomic E-state index is -3.74. The largest absolute Gasteiger partial charge is 0.490 e. The molecule has 6 nitrogen and oxygen atoms in total. The van der Waals surface area contributed by atoms with Gasteiger partial charge in [-0.3, -0.25) is 9.17 Å². The van der Waals surface area contributed by atoms with Crippen LogP contribution in [0.5, 0.6) is 5.75 Å². The monoisotopic (exact) mass is 351 g/mol. The molecule has 0 spiro atoms.